The van der Waals surface area contributed by atoms with Gasteiger partial charge < -0.3 is 5.73 Å². The molecule has 2 rings (SSSR count). The molecule has 0 aliphatic rings. The minimum absolute atomic E-state index is 0.0132. The number of nitrogen functional groups attached to an aromatic ring is 1. The van der Waals surface area contributed by atoms with Crippen molar-refractivity contribution in [2.45, 2.75) is 11.8 Å². The van der Waals surface area contributed by atoms with E-state index in [-0.39, 0.29) is 21.3 Å². The van der Waals surface area contributed by atoms with Crippen LogP contribution in [0.3, 0.4) is 0 Å². The van der Waals surface area contributed by atoms with Crippen molar-refractivity contribution >= 4 is 33.0 Å². The second-order valence-corrected chi connectivity index (χ2v) is 6.34. The Morgan fingerprint density at radius 3 is 2.55 bits per heavy atom. The van der Waals surface area contributed by atoms with Crippen molar-refractivity contribution in [1.29, 1.82) is 0 Å². The molecule has 0 aliphatic heterocycles. The Labute approximate surface area is 121 Å². The topological polar surface area (TPSA) is 72.2 Å². The van der Waals surface area contributed by atoms with E-state index >= 15 is 0 Å². The van der Waals surface area contributed by atoms with Crippen molar-refractivity contribution in [3.8, 4) is 0 Å². The zero-order valence-corrected chi connectivity index (χ0v) is 12.1. The smallest absolute Gasteiger partial charge is 0.263 e. The van der Waals surface area contributed by atoms with Crippen LogP contribution >= 0.6 is 11.6 Å². The lowest BCUT2D eigenvalue weighted by molar-refractivity contribution is 0.598. The van der Waals surface area contributed by atoms with Crippen molar-refractivity contribution in [2.75, 3.05) is 10.5 Å². The van der Waals surface area contributed by atoms with Crippen LogP contribution < -0.4 is 10.5 Å². The Morgan fingerprint density at radius 2 is 1.90 bits per heavy atom. The first-order chi connectivity index (χ1) is 9.29. The van der Waals surface area contributed by atoms with E-state index in [0.29, 0.717) is 5.56 Å². The van der Waals surface area contributed by atoms with Crippen LogP contribution in [0.15, 0.2) is 41.3 Å². The van der Waals surface area contributed by atoms with Crippen LogP contribution in [0.25, 0.3) is 0 Å². The molecule has 0 heterocycles. The summed E-state index contributed by atoms with van der Waals surface area (Å²) < 4.78 is 40.2. The number of hydrogen-bond acceptors (Lipinski definition) is 3. The number of benzene rings is 2. The van der Waals surface area contributed by atoms with Gasteiger partial charge in [0.1, 0.15) is 10.7 Å². The van der Waals surface area contributed by atoms with Crippen LogP contribution in [-0.4, -0.2) is 8.42 Å². The van der Waals surface area contributed by atoms with Crippen LogP contribution in [0.2, 0.25) is 5.02 Å². The summed E-state index contributed by atoms with van der Waals surface area (Å²) in [6.07, 6.45) is 0. The number of anilines is 2. The molecule has 0 bridgehead atoms. The van der Waals surface area contributed by atoms with E-state index in [0.717, 1.165) is 0 Å². The molecule has 0 saturated heterocycles. The van der Waals surface area contributed by atoms with Gasteiger partial charge in [0.15, 0.2) is 0 Å². The molecule has 0 unspecified atom stereocenters. The predicted molar refractivity (Wildman–Crippen MR) is 77.8 cm³/mol. The summed E-state index contributed by atoms with van der Waals surface area (Å²) in [5.41, 5.74) is 6.33. The first-order valence-corrected chi connectivity index (χ1v) is 7.50. The maximum atomic E-state index is 13.7. The molecule has 0 saturated carbocycles. The van der Waals surface area contributed by atoms with Crippen molar-refractivity contribution < 1.29 is 12.8 Å². The van der Waals surface area contributed by atoms with Gasteiger partial charge >= 0.3 is 0 Å². The summed E-state index contributed by atoms with van der Waals surface area (Å²) in [4.78, 5) is -0.195. The van der Waals surface area contributed by atoms with Gasteiger partial charge in [0.2, 0.25) is 0 Å². The van der Waals surface area contributed by atoms with E-state index in [9.17, 15) is 12.8 Å². The SMILES string of the molecule is Cc1ccc(NS(=O)(=O)c2cc(N)ccc2Cl)c(F)c1. The molecule has 2 aromatic carbocycles. The maximum Gasteiger partial charge on any atom is 0.263 e. The predicted octanol–water partition coefficient (Wildman–Crippen LogP) is 3.17. The Bertz CT molecular complexity index is 763. The highest BCUT2D eigenvalue weighted by molar-refractivity contribution is 7.92. The van der Waals surface area contributed by atoms with Gasteiger partial charge in [0.25, 0.3) is 10.0 Å². The summed E-state index contributed by atoms with van der Waals surface area (Å²) in [6, 6.07) is 8.25. The molecule has 0 spiro atoms. The van der Waals surface area contributed by atoms with Crippen molar-refractivity contribution in [1.82, 2.24) is 0 Å². The molecule has 3 N–H and O–H groups in total. The summed E-state index contributed by atoms with van der Waals surface area (Å²) in [5.74, 6) is -0.659. The summed E-state index contributed by atoms with van der Waals surface area (Å²) >= 11 is 5.84. The zero-order valence-electron chi connectivity index (χ0n) is 10.5. The van der Waals surface area contributed by atoms with E-state index in [1.165, 1.54) is 30.3 Å². The van der Waals surface area contributed by atoms with Gasteiger partial charge in [-0.3, -0.25) is 4.72 Å². The van der Waals surface area contributed by atoms with Gasteiger partial charge in [-0.15, -0.1) is 0 Å². The third-order valence-corrected chi connectivity index (χ3v) is 4.46. The molecular formula is C13H12ClFN2O2S. The van der Waals surface area contributed by atoms with Crippen LogP contribution in [0.5, 0.6) is 0 Å². The van der Waals surface area contributed by atoms with Gasteiger partial charge in [-0.25, -0.2) is 12.8 Å². The Balaban J connectivity index is 2.43. The fourth-order valence-electron chi connectivity index (χ4n) is 1.63. The number of hydrogen-bond donors (Lipinski definition) is 2. The van der Waals surface area contributed by atoms with E-state index in [4.69, 9.17) is 17.3 Å². The van der Waals surface area contributed by atoms with Crippen LogP contribution in [0.1, 0.15) is 5.56 Å². The molecule has 2 aromatic rings. The lowest BCUT2D eigenvalue weighted by Gasteiger charge is -2.11. The van der Waals surface area contributed by atoms with Crippen molar-refractivity contribution in [3.63, 3.8) is 0 Å². The monoisotopic (exact) mass is 314 g/mol. The normalized spacial score (nSPS) is 11.3. The molecule has 0 radical (unpaired) electrons. The molecule has 0 atom stereocenters. The zero-order chi connectivity index (χ0) is 14.9. The molecule has 0 aliphatic carbocycles. The highest BCUT2D eigenvalue weighted by Gasteiger charge is 2.19. The summed E-state index contributed by atoms with van der Waals surface area (Å²) in [6.45, 7) is 1.70. The number of sulfonamides is 1. The average Bonchev–Trinajstić information content (AvgIpc) is 2.35. The number of nitrogens with two attached hydrogens (primary N) is 1. The molecule has 0 aromatic heterocycles. The van der Waals surface area contributed by atoms with Crippen molar-refractivity contribution in [2.24, 2.45) is 0 Å². The molecule has 0 fully saturated rings. The third-order valence-electron chi connectivity index (χ3n) is 2.61. The quantitative estimate of drug-likeness (QED) is 0.855. The summed E-state index contributed by atoms with van der Waals surface area (Å²) in [7, 11) is -4.00. The maximum absolute atomic E-state index is 13.7. The van der Waals surface area contributed by atoms with E-state index < -0.39 is 15.8 Å². The minimum atomic E-state index is -4.00. The summed E-state index contributed by atoms with van der Waals surface area (Å²) in [5, 5.41) is 0.0132. The van der Waals surface area contributed by atoms with Crippen LogP contribution in [0.4, 0.5) is 15.8 Å². The fraction of sp³-hybridized carbons (Fsp3) is 0.0769. The largest absolute Gasteiger partial charge is 0.399 e. The van der Waals surface area contributed by atoms with E-state index in [1.54, 1.807) is 13.0 Å². The minimum Gasteiger partial charge on any atom is -0.399 e. The Kier molecular flexibility index (Phi) is 3.87. The second-order valence-electron chi connectivity index (χ2n) is 4.28. The molecule has 0 amide bonds. The number of halogens is 2. The van der Waals surface area contributed by atoms with Crippen molar-refractivity contribution in [3.05, 3.63) is 52.8 Å². The van der Waals surface area contributed by atoms with Gasteiger partial charge in [0, 0.05) is 5.69 Å². The average molecular weight is 315 g/mol. The third kappa shape index (κ3) is 3.02. The molecule has 20 heavy (non-hydrogen) atoms. The molecular weight excluding hydrogens is 303 g/mol. The highest BCUT2D eigenvalue weighted by Crippen LogP contribution is 2.26. The number of rotatable bonds is 3. The van der Waals surface area contributed by atoms with Gasteiger partial charge in [-0.1, -0.05) is 17.7 Å². The molecule has 7 heteroatoms. The fourth-order valence-corrected chi connectivity index (χ4v) is 3.23. The van der Waals surface area contributed by atoms with Crippen LogP contribution in [-0.2, 0) is 10.0 Å². The van der Waals surface area contributed by atoms with Gasteiger partial charge in [0.05, 0.1) is 10.7 Å². The second kappa shape index (κ2) is 5.30. The number of aryl methyl sites for hydroxylation is 1. The first-order valence-electron chi connectivity index (χ1n) is 5.63. The Morgan fingerprint density at radius 1 is 1.20 bits per heavy atom. The molecule has 106 valence electrons. The highest BCUT2D eigenvalue weighted by atomic mass is 35.5. The van der Waals surface area contributed by atoms with Gasteiger partial charge in [-0.05, 0) is 42.8 Å². The van der Waals surface area contributed by atoms with Gasteiger partial charge in [-0.2, -0.15) is 0 Å². The Hall–Kier alpha value is -1.79. The lowest BCUT2D eigenvalue weighted by atomic mass is 10.2. The standard InChI is InChI=1S/C13H12ClFN2O2S/c1-8-2-5-12(11(15)6-8)17-20(18,19)13-7-9(16)3-4-10(13)14/h2-7,17H,16H2,1H3. The van der Waals surface area contributed by atoms with E-state index in [2.05, 4.69) is 4.72 Å². The number of nitrogens with one attached hydrogen (secondary N) is 1. The lowest BCUT2D eigenvalue weighted by Crippen LogP contribution is -2.14. The molecule has 4 nitrogen and oxygen atoms in total. The van der Waals surface area contributed by atoms with E-state index in [1.807, 2.05) is 0 Å². The van der Waals surface area contributed by atoms with Crippen LogP contribution in [0, 0.1) is 12.7 Å². The first kappa shape index (κ1) is 14.6.